The highest BCUT2D eigenvalue weighted by Crippen LogP contribution is 2.33. The lowest BCUT2D eigenvalue weighted by molar-refractivity contribution is 0.170. The molecule has 0 aromatic heterocycles. The topological polar surface area (TPSA) is 22.8 Å². The summed E-state index contributed by atoms with van der Waals surface area (Å²) in [7, 11) is 0. The van der Waals surface area contributed by atoms with Gasteiger partial charge in [-0.1, -0.05) is 12.1 Å². The minimum Gasteiger partial charge on any atom is -0.486 e. The van der Waals surface area contributed by atoms with Crippen molar-refractivity contribution in [2.75, 3.05) is 19.8 Å². The van der Waals surface area contributed by atoms with Crippen molar-refractivity contribution in [2.45, 2.75) is 6.42 Å². The summed E-state index contributed by atoms with van der Waals surface area (Å²) in [4.78, 5) is 3.33. The van der Waals surface area contributed by atoms with Crippen LogP contribution in [0.3, 0.4) is 0 Å². The first-order valence-electron chi connectivity index (χ1n) is 4.62. The zero-order chi connectivity index (χ0) is 9.80. The van der Waals surface area contributed by atoms with E-state index < -0.39 is 0 Å². The molecular formula is C11H11NO2. The van der Waals surface area contributed by atoms with Crippen molar-refractivity contribution in [1.29, 1.82) is 0 Å². The quantitative estimate of drug-likeness (QED) is 0.663. The lowest BCUT2D eigenvalue weighted by Crippen LogP contribution is -2.16. The molecule has 1 aliphatic heterocycles. The molecular weight excluding hydrogens is 178 g/mol. The second-order valence-electron chi connectivity index (χ2n) is 3.07. The van der Waals surface area contributed by atoms with Crippen LogP contribution in [0, 0.1) is 6.57 Å². The van der Waals surface area contributed by atoms with Crippen molar-refractivity contribution >= 4 is 0 Å². The molecule has 0 saturated carbocycles. The molecule has 0 atom stereocenters. The number of nitrogens with zero attached hydrogens (tertiary/aromatic N) is 1. The van der Waals surface area contributed by atoms with Gasteiger partial charge in [0.25, 0.3) is 0 Å². The SMILES string of the molecule is [C-]#[N+]CCc1cccc2c1OCCO2. The summed E-state index contributed by atoms with van der Waals surface area (Å²) in [5.74, 6) is 1.63. The molecule has 0 fully saturated rings. The minimum atomic E-state index is 0.500. The summed E-state index contributed by atoms with van der Waals surface area (Å²) in [5, 5.41) is 0. The molecule has 0 saturated heterocycles. The maximum atomic E-state index is 6.74. The Morgan fingerprint density at radius 1 is 1.29 bits per heavy atom. The number of ether oxygens (including phenoxy) is 2. The van der Waals surface area contributed by atoms with Gasteiger partial charge in [-0.2, -0.15) is 0 Å². The van der Waals surface area contributed by atoms with Crippen LogP contribution in [0.1, 0.15) is 5.56 Å². The summed E-state index contributed by atoms with van der Waals surface area (Å²) < 4.78 is 11.0. The van der Waals surface area contributed by atoms with Crippen LogP contribution in [-0.2, 0) is 6.42 Å². The van der Waals surface area contributed by atoms with E-state index in [-0.39, 0.29) is 0 Å². The number of fused-ring (bicyclic) bond motifs is 1. The first-order chi connectivity index (χ1) is 6.92. The average molecular weight is 189 g/mol. The fraction of sp³-hybridized carbons (Fsp3) is 0.364. The Morgan fingerprint density at radius 3 is 3.00 bits per heavy atom. The van der Waals surface area contributed by atoms with E-state index in [1.165, 1.54) is 0 Å². The van der Waals surface area contributed by atoms with Crippen LogP contribution >= 0.6 is 0 Å². The van der Waals surface area contributed by atoms with Gasteiger partial charge in [0.2, 0.25) is 6.54 Å². The first kappa shape index (κ1) is 8.89. The van der Waals surface area contributed by atoms with Crippen molar-refractivity contribution in [3.63, 3.8) is 0 Å². The molecule has 3 heteroatoms. The van der Waals surface area contributed by atoms with Gasteiger partial charge in [0, 0.05) is 12.0 Å². The highest BCUT2D eigenvalue weighted by molar-refractivity contribution is 5.47. The minimum absolute atomic E-state index is 0.500. The van der Waals surface area contributed by atoms with Crippen LogP contribution in [0.5, 0.6) is 11.5 Å². The highest BCUT2D eigenvalue weighted by atomic mass is 16.6. The van der Waals surface area contributed by atoms with Crippen molar-refractivity contribution in [3.05, 3.63) is 35.2 Å². The number of rotatable bonds is 2. The van der Waals surface area contributed by atoms with E-state index in [1.54, 1.807) is 0 Å². The van der Waals surface area contributed by atoms with Gasteiger partial charge in [-0.05, 0) is 6.07 Å². The molecule has 14 heavy (non-hydrogen) atoms. The number of hydrogen-bond donors (Lipinski definition) is 0. The van der Waals surface area contributed by atoms with Gasteiger partial charge in [-0.25, -0.2) is 6.57 Å². The Bertz CT molecular complexity index is 368. The van der Waals surface area contributed by atoms with E-state index >= 15 is 0 Å². The Labute approximate surface area is 83.1 Å². The van der Waals surface area contributed by atoms with Crippen molar-refractivity contribution in [3.8, 4) is 11.5 Å². The number of hydrogen-bond acceptors (Lipinski definition) is 2. The lowest BCUT2D eigenvalue weighted by atomic mass is 10.1. The van der Waals surface area contributed by atoms with Gasteiger partial charge >= 0.3 is 0 Å². The normalized spacial score (nSPS) is 13.4. The van der Waals surface area contributed by atoms with E-state index in [1.807, 2.05) is 18.2 Å². The molecule has 1 heterocycles. The van der Waals surface area contributed by atoms with Crippen LogP contribution in [-0.4, -0.2) is 19.8 Å². The maximum absolute atomic E-state index is 6.74. The number of benzene rings is 1. The molecule has 2 rings (SSSR count). The van der Waals surface area contributed by atoms with Gasteiger partial charge in [0.15, 0.2) is 11.5 Å². The molecule has 0 amide bonds. The van der Waals surface area contributed by atoms with E-state index in [9.17, 15) is 0 Å². The zero-order valence-electron chi connectivity index (χ0n) is 7.82. The fourth-order valence-corrected chi connectivity index (χ4v) is 1.51. The summed E-state index contributed by atoms with van der Waals surface area (Å²) >= 11 is 0. The molecule has 3 nitrogen and oxygen atoms in total. The van der Waals surface area contributed by atoms with Crippen molar-refractivity contribution in [2.24, 2.45) is 0 Å². The largest absolute Gasteiger partial charge is 0.486 e. The third kappa shape index (κ3) is 1.64. The van der Waals surface area contributed by atoms with E-state index in [4.69, 9.17) is 16.0 Å². The summed E-state index contributed by atoms with van der Waals surface area (Å²) in [6.45, 7) is 8.45. The summed E-state index contributed by atoms with van der Waals surface area (Å²) in [6, 6.07) is 5.82. The first-order valence-corrected chi connectivity index (χ1v) is 4.62. The van der Waals surface area contributed by atoms with Crippen LogP contribution in [0.4, 0.5) is 0 Å². The smallest absolute Gasteiger partial charge is 0.218 e. The molecule has 1 aliphatic rings. The molecule has 0 N–H and O–H groups in total. The van der Waals surface area contributed by atoms with Gasteiger partial charge in [0.05, 0.1) is 0 Å². The highest BCUT2D eigenvalue weighted by Gasteiger charge is 2.15. The predicted octanol–water partition coefficient (Wildman–Crippen LogP) is 1.92. The van der Waals surface area contributed by atoms with Gasteiger partial charge < -0.3 is 14.3 Å². The molecule has 0 bridgehead atoms. The Kier molecular flexibility index (Phi) is 2.55. The monoisotopic (exact) mass is 189 g/mol. The Balaban J connectivity index is 2.27. The van der Waals surface area contributed by atoms with E-state index in [0.29, 0.717) is 19.8 Å². The number of para-hydroxylation sites is 1. The summed E-state index contributed by atoms with van der Waals surface area (Å²) in [5.41, 5.74) is 1.07. The van der Waals surface area contributed by atoms with Gasteiger partial charge in [-0.3, -0.25) is 0 Å². The second-order valence-corrected chi connectivity index (χ2v) is 3.07. The van der Waals surface area contributed by atoms with Crippen LogP contribution in [0.15, 0.2) is 18.2 Å². The molecule has 1 aromatic rings. The average Bonchev–Trinajstić information content (AvgIpc) is 2.26. The molecule has 0 aliphatic carbocycles. The van der Waals surface area contributed by atoms with Crippen LogP contribution < -0.4 is 9.47 Å². The molecule has 0 unspecified atom stereocenters. The van der Waals surface area contributed by atoms with Gasteiger partial charge in [-0.15, -0.1) is 0 Å². The zero-order valence-corrected chi connectivity index (χ0v) is 7.82. The third-order valence-electron chi connectivity index (χ3n) is 2.14. The van der Waals surface area contributed by atoms with Gasteiger partial charge in [0.1, 0.15) is 13.2 Å². The standard InChI is InChI=1S/C11H11NO2/c1-12-6-5-9-3-2-4-10-11(9)14-8-7-13-10/h2-4H,5-8H2. The predicted molar refractivity (Wildman–Crippen MR) is 52.6 cm³/mol. The van der Waals surface area contributed by atoms with Crippen LogP contribution in [0.25, 0.3) is 4.85 Å². The lowest BCUT2D eigenvalue weighted by Gasteiger charge is -2.20. The van der Waals surface area contributed by atoms with Crippen LogP contribution in [0.2, 0.25) is 0 Å². The summed E-state index contributed by atoms with van der Waals surface area (Å²) in [6.07, 6.45) is 0.732. The molecule has 0 spiro atoms. The second kappa shape index (κ2) is 4.01. The molecule has 72 valence electrons. The molecule has 0 radical (unpaired) electrons. The fourth-order valence-electron chi connectivity index (χ4n) is 1.51. The van der Waals surface area contributed by atoms with Crippen molar-refractivity contribution in [1.82, 2.24) is 0 Å². The Morgan fingerprint density at radius 2 is 2.14 bits per heavy atom. The molecule has 1 aromatic carbocycles. The Hall–Kier alpha value is -1.69. The van der Waals surface area contributed by atoms with Crippen molar-refractivity contribution < 1.29 is 9.47 Å². The van der Waals surface area contributed by atoms with E-state index in [2.05, 4.69) is 4.85 Å². The van der Waals surface area contributed by atoms with E-state index in [0.717, 1.165) is 23.5 Å². The maximum Gasteiger partial charge on any atom is 0.218 e. The third-order valence-corrected chi connectivity index (χ3v) is 2.14.